The standard InChI is InChI=1S/C29H46O5/c1-24(2)20(32)9-10-29-15-28(29)12-11-26(5)22(18-7-8-21(34-18)25(3,4)33)17(31)14-27(26,6)19(28)13-16(30)23(24)29/h16-19,21-23,30-31,33H,7-15H2,1-6H3/t16-,17-,18?,19?,21-,22+,23-,26+,27-,28?,29+/m0/s1. The summed E-state index contributed by atoms with van der Waals surface area (Å²) in [4.78, 5) is 12.9. The third-order valence-electron chi connectivity index (χ3n) is 13.1. The Kier molecular flexibility index (Phi) is 4.69. The lowest BCUT2D eigenvalue weighted by Gasteiger charge is -2.63. The molecular formula is C29H46O5. The van der Waals surface area contributed by atoms with Crippen LogP contribution in [-0.4, -0.2) is 51.1 Å². The molecule has 3 unspecified atom stereocenters. The normalized spacial score (nSPS) is 58.0. The Hall–Kier alpha value is -0.490. The van der Waals surface area contributed by atoms with E-state index in [1.807, 2.05) is 13.8 Å². The molecule has 0 radical (unpaired) electrons. The van der Waals surface area contributed by atoms with Crippen LogP contribution in [0.5, 0.6) is 0 Å². The fraction of sp³-hybridized carbons (Fsp3) is 0.966. The molecular weight excluding hydrogens is 428 g/mol. The molecule has 6 fully saturated rings. The number of hydrogen-bond donors (Lipinski definition) is 3. The Balaban J connectivity index is 1.35. The van der Waals surface area contributed by atoms with Gasteiger partial charge in [0.05, 0.1) is 30.0 Å². The Morgan fingerprint density at radius 3 is 2.29 bits per heavy atom. The van der Waals surface area contributed by atoms with Crippen LogP contribution in [0.1, 0.15) is 99.3 Å². The molecule has 0 aromatic heterocycles. The van der Waals surface area contributed by atoms with Crippen LogP contribution in [0.15, 0.2) is 0 Å². The van der Waals surface area contributed by atoms with Crippen molar-refractivity contribution in [3.05, 3.63) is 0 Å². The first-order valence-corrected chi connectivity index (χ1v) is 13.9. The highest BCUT2D eigenvalue weighted by Crippen LogP contribution is 2.88. The van der Waals surface area contributed by atoms with Crippen LogP contribution in [0.3, 0.4) is 0 Å². The van der Waals surface area contributed by atoms with E-state index in [1.54, 1.807) is 0 Å². The van der Waals surface area contributed by atoms with Crippen LogP contribution >= 0.6 is 0 Å². The SMILES string of the molecule is CC(C)(O)[C@@H]1CCC([C@H]2[C@@H](O)C[C@@]3(C)C4C[C@H](O)[C@H]5C(C)(C)C(=O)CC[C@@]56CC46CC[C@]23C)O1. The summed E-state index contributed by atoms with van der Waals surface area (Å²) in [6.45, 7) is 12.6. The molecule has 5 aliphatic carbocycles. The lowest BCUT2D eigenvalue weighted by molar-refractivity contribution is -0.188. The maximum Gasteiger partial charge on any atom is 0.138 e. The van der Waals surface area contributed by atoms with E-state index in [4.69, 9.17) is 4.74 Å². The molecule has 6 aliphatic rings. The smallest absolute Gasteiger partial charge is 0.138 e. The van der Waals surface area contributed by atoms with Crippen molar-refractivity contribution in [1.29, 1.82) is 0 Å². The van der Waals surface area contributed by atoms with Crippen LogP contribution < -0.4 is 0 Å². The summed E-state index contributed by atoms with van der Waals surface area (Å²) < 4.78 is 6.46. The van der Waals surface area contributed by atoms with Gasteiger partial charge >= 0.3 is 0 Å². The van der Waals surface area contributed by atoms with E-state index in [0.717, 1.165) is 51.4 Å². The second-order valence-electron chi connectivity index (χ2n) is 15.0. The predicted molar refractivity (Wildman–Crippen MR) is 129 cm³/mol. The average Bonchev–Trinajstić information content (AvgIpc) is 2.98. The van der Waals surface area contributed by atoms with E-state index in [1.165, 1.54) is 0 Å². The number of fused-ring (bicyclic) bond motifs is 2. The van der Waals surface area contributed by atoms with Crippen molar-refractivity contribution in [2.45, 2.75) is 129 Å². The summed E-state index contributed by atoms with van der Waals surface area (Å²) in [7, 11) is 0. The van der Waals surface area contributed by atoms with Crippen molar-refractivity contribution in [3.8, 4) is 0 Å². The van der Waals surface area contributed by atoms with Gasteiger partial charge in [-0.3, -0.25) is 4.79 Å². The van der Waals surface area contributed by atoms with Crippen LogP contribution in [0, 0.1) is 44.8 Å². The van der Waals surface area contributed by atoms with Gasteiger partial charge in [-0.25, -0.2) is 0 Å². The number of carbonyl (C=O) groups excluding carboxylic acids is 1. The number of rotatable bonds is 2. The summed E-state index contributed by atoms with van der Waals surface area (Å²) in [5, 5.41) is 33.7. The van der Waals surface area contributed by atoms with Crippen molar-refractivity contribution < 1.29 is 24.9 Å². The predicted octanol–water partition coefficient (Wildman–Crippen LogP) is 4.25. The van der Waals surface area contributed by atoms with Gasteiger partial charge in [0.1, 0.15) is 5.78 Å². The van der Waals surface area contributed by atoms with Gasteiger partial charge < -0.3 is 20.1 Å². The molecule has 0 amide bonds. The molecule has 5 nitrogen and oxygen atoms in total. The molecule has 0 bridgehead atoms. The molecule has 5 heteroatoms. The molecule has 0 aromatic rings. The highest BCUT2D eigenvalue weighted by molar-refractivity contribution is 5.86. The Labute approximate surface area is 205 Å². The first kappa shape index (κ1) is 23.9. The number of aliphatic hydroxyl groups is 3. The van der Waals surface area contributed by atoms with Gasteiger partial charge in [0.25, 0.3) is 0 Å². The minimum absolute atomic E-state index is 0.0204. The van der Waals surface area contributed by atoms with Gasteiger partial charge in [0, 0.05) is 23.7 Å². The number of carbonyl (C=O) groups is 1. The van der Waals surface area contributed by atoms with Crippen molar-refractivity contribution in [3.63, 3.8) is 0 Å². The molecule has 192 valence electrons. The summed E-state index contributed by atoms with van der Waals surface area (Å²) in [6.07, 6.45) is 7.15. The van der Waals surface area contributed by atoms with E-state index in [0.29, 0.717) is 18.1 Å². The zero-order chi connectivity index (χ0) is 24.7. The molecule has 2 spiro atoms. The molecule has 0 aromatic carbocycles. The molecule has 3 N–H and O–H groups in total. The van der Waals surface area contributed by atoms with E-state index in [2.05, 4.69) is 27.7 Å². The van der Waals surface area contributed by atoms with Crippen LogP contribution in [-0.2, 0) is 9.53 Å². The van der Waals surface area contributed by atoms with Crippen molar-refractivity contribution >= 4 is 5.78 Å². The zero-order valence-electron chi connectivity index (χ0n) is 22.1. The number of hydrogen-bond acceptors (Lipinski definition) is 5. The largest absolute Gasteiger partial charge is 0.393 e. The molecule has 1 saturated heterocycles. The summed E-state index contributed by atoms with van der Waals surface area (Å²) >= 11 is 0. The molecule has 1 aliphatic heterocycles. The van der Waals surface area contributed by atoms with Gasteiger partial charge in [-0.2, -0.15) is 0 Å². The van der Waals surface area contributed by atoms with Gasteiger partial charge in [-0.15, -0.1) is 0 Å². The quantitative estimate of drug-likeness (QED) is 0.557. The number of ketones is 1. The highest BCUT2D eigenvalue weighted by atomic mass is 16.5. The number of ether oxygens (including phenoxy) is 1. The van der Waals surface area contributed by atoms with E-state index < -0.39 is 23.2 Å². The maximum atomic E-state index is 12.9. The van der Waals surface area contributed by atoms with Crippen molar-refractivity contribution in [2.24, 2.45) is 44.8 Å². The van der Waals surface area contributed by atoms with E-state index in [-0.39, 0.29) is 45.7 Å². The molecule has 11 atom stereocenters. The Bertz CT molecular complexity index is 907. The minimum Gasteiger partial charge on any atom is -0.393 e. The second-order valence-corrected chi connectivity index (χ2v) is 15.0. The first-order chi connectivity index (χ1) is 15.6. The van der Waals surface area contributed by atoms with Crippen LogP contribution in [0.4, 0.5) is 0 Å². The summed E-state index contributed by atoms with van der Waals surface area (Å²) in [5.41, 5.74) is -1.13. The lowest BCUT2D eigenvalue weighted by Crippen LogP contribution is -2.61. The van der Waals surface area contributed by atoms with Gasteiger partial charge in [0.2, 0.25) is 0 Å². The van der Waals surface area contributed by atoms with Crippen molar-refractivity contribution in [1.82, 2.24) is 0 Å². The Morgan fingerprint density at radius 2 is 1.65 bits per heavy atom. The average molecular weight is 475 g/mol. The minimum atomic E-state index is -0.868. The van der Waals surface area contributed by atoms with Gasteiger partial charge in [0.15, 0.2) is 0 Å². The molecule has 5 saturated carbocycles. The third-order valence-corrected chi connectivity index (χ3v) is 13.1. The fourth-order valence-electron chi connectivity index (χ4n) is 11.4. The van der Waals surface area contributed by atoms with Crippen LogP contribution in [0.25, 0.3) is 0 Å². The van der Waals surface area contributed by atoms with Crippen molar-refractivity contribution in [2.75, 3.05) is 0 Å². The van der Waals surface area contributed by atoms with Gasteiger partial charge in [-0.1, -0.05) is 27.7 Å². The number of aliphatic hydroxyl groups excluding tert-OH is 2. The lowest BCUT2D eigenvalue weighted by atomic mass is 9.41. The second kappa shape index (κ2) is 6.68. The topological polar surface area (TPSA) is 87.0 Å². The fourth-order valence-corrected chi connectivity index (χ4v) is 11.4. The summed E-state index contributed by atoms with van der Waals surface area (Å²) in [5.74, 6) is 0.834. The zero-order valence-corrected chi connectivity index (χ0v) is 22.1. The van der Waals surface area contributed by atoms with E-state index in [9.17, 15) is 20.1 Å². The van der Waals surface area contributed by atoms with E-state index >= 15 is 0 Å². The molecule has 6 rings (SSSR count). The maximum absolute atomic E-state index is 12.9. The first-order valence-electron chi connectivity index (χ1n) is 13.9. The van der Waals surface area contributed by atoms with Gasteiger partial charge in [-0.05, 0) is 92.8 Å². The summed E-state index contributed by atoms with van der Waals surface area (Å²) in [6, 6.07) is 0. The van der Waals surface area contributed by atoms with Crippen LogP contribution in [0.2, 0.25) is 0 Å². The molecule has 34 heavy (non-hydrogen) atoms. The highest BCUT2D eigenvalue weighted by Gasteiger charge is 2.84. The number of Topliss-reactive ketones (excluding diaryl/α,β-unsaturated/α-hetero) is 1. The molecule has 1 heterocycles. The monoisotopic (exact) mass is 474 g/mol. The Morgan fingerprint density at radius 1 is 0.941 bits per heavy atom. The third kappa shape index (κ3) is 2.59.